The van der Waals surface area contributed by atoms with E-state index in [1.54, 1.807) is 55.6 Å². The average Bonchev–Trinajstić information content (AvgIpc) is 3.05. The third-order valence-corrected chi connectivity index (χ3v) is 12.1. The molecule has 238 valence electrons. The third-order valence-electron chi connectivity index (χ3n) is 8.03. The van der Waals surface area contributed by atoms with Crippen LogP contribution in [-0.2, 0) is 7.48 Å². The number of hydrogen-bond acceptors (Lipinski definition) is 6. The van der Waals surface area contributed by atoms with Crippen molar-refractivity contribution in [1.29, 1.82) is 0 Å². The van der Waals surface area contributed by atoms with Gasteiger partial charge in [-0.05, 0) is 6.07 Å². The van der Waals surface area contributed by atoms with Crippen LogP contribution in [0.25, 0.3) is 33.4 Å². The number of anilines is 2. The van der Waals surface area contributed by atoms with Crippen molar-refractivity contribution >= 4 is 71.0 Å². The normalized spacial score (nSPS) is 13.7. The quantitative estimate of drug-likeness (QED) is 0.107. The molecule has 0 spiro atoms. The van der Waals surface area contributed by atoms with Gasteiger partial charge in [0, 0.05) is 0 Å². The molecule has 6 rings (SSSR count). The standard InChI is InChI=1S/C34H28As2N2O9/c1-37(23-11-7-21(8-12-23)35(41,42)43)25-15-17-29-31(19-25)47-32-20-26(38(2)24-13-9-22(10-14-24)36(44,45)46)16-18-30(32)33(29)27-5-3-4-6-28(27)34(39)40/h3-20H,1-2H3,(H4-,39,40,41,42,43,44,45,46). The monoisotopic (exact) mass is 758 g/mol. The maximum atomic E-state index is 12.3. The van der Waals surface area contributed by atoms with E-state index in [0.717, 1.165) is 0 Å². The SMILES string of the molecule is CN(c1ccc([As](=O)(O)O)cc1)c1ccc2c(-c3ccccc3C(=O)O)c3ccc(=[N+](C)c4ccc([As](=O)([O-])O)cc4)cc-3oc2c1. The van der Waals surface area contributed by atoms with Crippen LogP contribution in [0.3, 0.4) is 0 Å². The summed E-state index contributed by atoms with van der Waals surface area (Å²) in [5.74, 6) is -0.616. The fourth-order valence-electron chi connectivity index (χ4n) is 5.50. The first kappa shape index (κ1) is 32.3. The van der Waals surface area contributed by atoms with Crippen molar-refractivity contribution in [2.75, 3.05) is 19.0 Å². The summed E-state index contributed by atoms with van der Waals surface area (Å²) in [4.78, 5) is 14.1. The van der Waals surface area contributed by atoms with E-state index in [1.807, 2.05) is 52.9 Å². The molecule has 1 unspecified atom stereocenters. The van der Waals surface area contributed by atoms with E-state index in [0.29, 0.717) is 55.8 Å². The Bertz CT molecular complexity index is 2300. The summed E-state index contributed by atoms with van der Waals surface area (Å²) in [6.07, 6.45) is 0. The molecule has 0 saturated heterocycles. The number of aromatic carboxylic acids is 1. The van der Waals surface area contributed by atoms with Crippen LogP contribution in [-0.4, -0.2) is 65.8 Å². The fourth-order valence-corrected chi connectivity index (χ4v) is 7.73. The van der Waals surface area contributed by atoms with Crippen LogP contribution >= 0.6 is 0 Å². The summed E-state index contributed by atoms with van der Waals surface area (Å²) < 4.78 is 71.6. The minimum absolute atomic E-state index is 0.0293. The van der Waals surface area contributed by atoms with Gasteiger partial charge < -0.3 is 5.11 Å². The van der Waals surface area contributed by atoms with Crippen LogP contribution in [0.1, 0.15) is 10.4 Å². The summed E-state index contributed by atoms with van der Waals surface area (Å²) >= 11 is -10.3. The fraction of sp³-hybridized carbons (Fsp3) is 0.0588. The predicted octanol–water partition coefficient (Wildman–Crippen LogP) is 1.89. The second-order valence-corrected chi connectivity index (χ2v) is 17.5. The first-order chi connectivity index (χ1) is 22.2. The van der Waals surface area contributed by atoms with Crippen molar-refractivity contribution in [3.63, 3.8) is 0 Å². The van der Waals surface area contributed by atoms with Crippen molar-refractivity contribution in [1.82, 2.24) is 4.58 Å². The van der Waals surface area contributed by atoms with E-state index in [-0.39, 0.29) is 14.3 Å². The molecule has 4 aromatic rings. The van der Waals surface area contributed by atoms with E-state index in [9.17, 15) is 33.8 Å². The van der Waals surface area contributed by atoms with Crippen LogP contribution in [0, 0.1) is 0 Å². The van der Waals surface area contributed by atoms with E-state index >= 15 is 0 Å². The van der Waals surface area contributed by atoms with Gasteiger partial charge in [-0.15, -0.1) is 0 Å². The van der Waals surface area contributed by atoms with Crippen LogP contribution in [0.15, 0.2) is 114 Å². The first-order valence-corrected chi connectivity index (χ1v) is 20.9. The number of nitrogens with zero attached hydrogens (tertiary/aromatic N) is 2. The number of hydrogen-bond donors (Lipinski definition) is 4. The van der Waals surface area contributed by atoms with Gasteiger partial charge in [0.1, 0.15) is 0 Å². The molecule has 0 aromatic heterocycles. The molecular weight excluding hydrogens is 730 g/mol. The Morgan fingerprint density at radius 2 is 1.43 bits per heavy atom. The van der Waals surface area contributed by atoms with Crippen molar-refractivity contribution in [3.05, 3.63) is 120 Å². The minimum atomic E-state index is -5.29. The molecule has 47 heavy (non-hydrogen) atoms. The summed E-state index contributed by atoms with van der Waals surface area (Å²) in [5.41, 5.74) is 4.47. The zero-order chi connectivity index (χ0) is 33.7. The second-order valence-electron chi connectivity index (χ2n) is 10.9. The van der Waals surface area contributed by atoms with Gasteiger partial charge in [0.05, 0.1) is 0 Å². The van der Waals surface area contributed by atoms with Crippen LogP contribution in [0.2, 0.25) is 0 Å². The molecule has 4 aromatic carbocycles. The Balaban J connectivity index is 1.56. The average molecular weight is 758 g/mol. The molecule has 0 fully saturated rings. The molecule has 1 atom stereocenters. The number of fused-ring (bicyclic) bond motifs is 2. The van der Waals surface area contributed by atoms with Gasteiger partial charge >= 0.3 is 247 Å². The molecule has 0 bridgehead atoms. The topological polar surface area (TPSA) is 175 Å². The molecular formula is C34H28As2N2O9. The first-order valence-electron chi connectivity index (χ1n) is 14.2. The number of rotatable bonds is 7. The summed E-state index contributed by atoms with van der Waals surface area (Å²) in [7, 11) is 3.60. The van der Waals surface area contributed by atoms with Crippen molar-refractivity contribution in [2.45, 2.75) is 0 Å². The zero-order valence-electron chi connectivity index (χ0n) is 25.0. The predicted molar refractivity (Wildman–Crippen MR) is 176 cm³/mol. The molecule has 11 nitrogen and oxygen atoms in total. The van der Waals surface area contributed by atoms with Crippen molar-refractivity contribution < 1.29 is 38.2 Å². The van der Waals surface area contributed by atoms with Crippen LogP contribution in [0.4, 0.5) is 17.1 Å². The summed E-state index contributed by atoms with van der Waals surface area (Å²) in [6.45, 7) is 0. The summed E-state index contributed by atoms with van der Waals surface area (Å²) in [5, 5.41) is 11.4. The molecule has 0 radical (unpaired) electrons. The Morgan fingerprint density at radius 3 is 2.06 bits per heavy atom. The van der Waals surface area contributed by atoms with Crippen molar-refractivity contribution in [3.8, 4) is 22.5 Å². The number of carbonyl (C=O) groups is 1. The Labute approximate surface area is 274 Å². The molecule has 1 aliphatic carbocycles. The Kier molecular flexibility index (Phi) is 8.40. The van der Waals surface area contributed by atoms with Gasteiger partial charge in [-0.3, -0.25) is 0 Å². The van der Waals surface area contributed by atoms with Crippen LogP contribution in [0.5, 0.6) is 0 Å². The van der Waals surface area contributed by atoms with Gasteiger partial charge in [0.25, 0.3) is 0 Å². The maximum absolute atomic E-state index is 12.3. The van der Waals surface area contributed by atoms with Gasteiger partial charge in [0.15, 0.2) is 0 Å². The van der Waals surface area contributed by atoms with E-state index in [2.05, 4.69) is 0 Å². The molecule has 0 amide bonds. The van der Waals surface area contributed by atoms with Gasteiger partial charge in [-0.1, -0.05) is 12.1 Å². The van der Waals surface area contributed by atoms with Crippen molar-refractivity contribution in [2.24, 2.45) is 0 Å². The molecule has 13 heteroatoms. The molecule has 1 heterocycles. The number of benzene rings is 5. The number of carboxylic acids is 1. The number of carboxylic acid groups (broad SMARTS) is 1. The van der Waals surface area contributed by atoms with E-state index in [1.165, 1.54) is 24.3 Å². The van der Waals surface area contributed by atoms with Gasteiger partial charge in [-0.25, -0.2) is 4.79 Å². The molecule has 0 saturated carbocycles. The van der Waals surface area contributed by atoms with Crippen LogP contribution < -0.4 is 27.6 Å². The second kappa shape index (κ2) is 12.2. The van der Waals surface area contributed by atoms with E-state index in [4.69, 9.17) is 4.42 Å². The van der Waals surface area contributed by atoms with Gasteiger partial charge in [-0.2, -0.15) is 0 Å². The molecule has 4 N–H and O–H groups in total. The Hall–Kier alpha value is -4.60. The Morgan fingerprint density at radius 1 is 0.787 bits per heavy atom. The van der Waals surface area contributed by atoms with Gasteiger partial charge in [0.2, 0.25) is 0 Å². The summed E-state index contributed by atoms with van der Waals surface area (Å²) in [6, 6.07) is 29.7. The molecule has 2 aliphatic rings. The third kappa shape index (κ3) is 6.37. The zero-order valence-corrected chi connectivity index (χ0v) is 28.8. The molecule has 1 aliphatic heterocycles. The van der Waals surface area contributed by atoms with E-state index < -0.39 is 34.3 Å².